The highest BCUT2D eigenvalue weighted by atomic mass is 35.5. The molecule has 0 aromatic carbocycles. The van der Waals surface area contributed by atoms with E-state index in [9.17, 15) is 9.59 Å². The van der Waals surface area contributed by atoms with Gasteiger partial charge in [0.2, 0.25) is 0 Å². The van der Waals surface area contributed by atoms with Gasteiger partial charge < -0.3 is 15.1 Å². The molecule has 0 unspecified atom stereocenters. The molecule has 0 spiro atoms. The van der Waals surface area contributed by atoms with Crippen molar-refractivity contribution in [2.45, 2.75) is 58.9 Å². The number of urea groups is 1. The fourth-order valence-corrected chi connectivity index (χ4v) is 3.47. The maximum Gasteiger partial charge on any atom is 0.317 e. The summed E-state index contributed by atoms with van der Waals surface area (Å²) in [4.78, 5) is 33.1. The smallest absolute Gasteiger partial charge is 0.317 e. The van der Waals surface area contributed by atoms with Crippen molar-refractivity contribution < 1.29 is 9.59 Å². The van der Waals surface area contributed by atoms with Crippen molar-refractivity contribution in [2.75, 3.05) is 26.2 Å². The molecule has 2 heterocycles. The van der Waals surface area contributed by atoms with Crippen LogP contribution in [0.1, 0.15) is 62.0 Å². The first-order valence-corrected chi connectivity index (χ1v) is 10.3. The Bertz CT molecular complexity index is 645. The first-order chi connectivity index (χ1) is 13.0. The van der Waals surface area contributed by atoms with E-state index < -0.39 is 0 Å². The number of amides is 3. The molecular weight excluding hydrogens is 364 g/mol. The molecule has 0 saturated carbocycles. The van der Waals surface area contributed by atoms with E-state index in [1.165, 1.54) is 0 Å². The molecule has 1 fully saturated rings. The topological polar surface area (TPSA) is 65.5 Å². The van der Waals surface area contributed by atoms with Crippen LogP contribution in [0.4, 0.5) is 4.79 Å². The Balaban J connectivity index is 1.92. The molecule has 6 nitrogen and oxygen atoms in total. The van der Waals surface area contributed by atoms with Crippen molar-refractivity contribution in [3.8, 4) is 0 Å². The minimum Gasteiger partial charge on any atom is -0.336 e. The third kappa shape index (κ3) is 6.09. The number of aryl methyl sites for hydroxylation is 1. The molecule has 3 amide bonds. The molecule has 0 aliphatic carbocycles. The lowest BCUT2D eigenvalue weighted by molar-refractivity contribution is 0.0788. The summed E-state index contributed by atoms with van der Waals surface area (Å²) in [5.41, 5.74) is 1.20. The van der Waals surface area contributed by atoms with Gasteiger partial charge in [-0.25, -0.2) is 9.78 Å². The Morgan fingerprint density at radius 3 is 2.52 bits per heavy atom. The zero-order chi connectivity index (χ0) is 19.8. The zero-order valence-corrected chi connectivity index (χ0v) is 17.4. The summed E-state index contributed by atoms with van der Waals surface area (Å²) in [5.74, 6) is -0.127. The third-order valence-corrected chi connectivity index (χ3v) is 5.16. The number of pyridine rings is 1. The molecule has 1 saturated heterocycles. The van der Waals surface area contributed by atoms with Crippen molar-refractivity contribution in [3.05, 3.63) is 28.5 Å². The Labute approximate surface area is 167 Å². The van der Waals surface area contributed by atoms with Crippen molar-refractivity contribution in [3.63, 3.8) is 0 Å². The first-order valence-electron chi connectivity index (χ1n) is 9.94. The molecule has 0 bridgehead atoms. The number of likely N-dealkylation sites (tertiary alicyclic amines) is 1. The maximum atomic E-state index is 12.7. The van der Waals surface area contributed by atoms with Gasteiger partial charge in [-0.2, -0.15) is 0 Å². The summed E-state index contributed by atoms with van der Waals surface area (Å²) in [5, 5.41) is 3.34. The van der Waals surface area contributed by atoms with Gasteiger partial charge in [-0.3, -0.25) is 4.79 Å². The molecule has 150 valence electrons. The molecule has 7 heteroatoms. The number of hydrogen-bond donors (Lipinski definition) is 1. The highest BCUT2D eigenvalue weighted by Crippen LogP contribution is 2.19. The standard InChI is InChI=1S/C20H31ClN4O2/c1-4-6-11-24(12-7-5-2)20(27)23-16-10-13-25(14-16)19(26)17-9-8-15(3)22-18(17)21/h8-9,16H,4-7,10-14H2,1-3H3,(H,23,27)/t16-/m1/s1. The number of carbonyl (C=O) groups is 2. The van der Waals surface area contributed by atoms with Crippen LogP contribution < -0.4 is 5.32 Å². The molecule has 2 rings (SSSR count). The van der Waals surface area contributed by atoms with E-state index in [4.69, 9.17) is 11.6 Å². The van der Waals surface area contributed by atoms with E-state index >= 15 is 0 Å². The Kier molecular flexibility index (Phi) is 8.35. The number of carbonyl (C=O) groups excluding carboxylic acids is 2. The van der Waals surface area contributed by atoms with Crippen LogP contribution >= 0.6 is 11.6 Å². The van der Waals surface area contributed by atoms with E-state index in [1.807, 2.05) is 11.8 Å². The number of aromatic nitrogens is 1. The fourth-order valence-electron chi connectivity index (χ4n) is 3.20. The van der Waals surface area contributed by atoms with Crippen molar-refractivity contribution in [2.24, 2.45) is 0 Å². The normalized spacial score (nSPS) is 16.4. The minimum absolute atomic E-state index is 0.0220. The second kappa shape index (κ2) is 10.5. The maximum absolute atomic E-state index is 12.7. The van der Waals surface area contributed by atoms with Gasteiger partial charge in [-0.05, 0) is 38.3 Å². The van der Waals surface area contributed by atoms with Crippen LogP contribution in [0.2, 0.25) is 5.15 Å². The number of halogens is 1. The SMILES string of the molecule is CCCCN(CCCC)C(=O)N[C@@H]1CCN(C(=O)c2ccc(C)nc2Cl)C1. The van der Waals surface area contributed by atoms with Gasteiger partial charge in [-0.15, -0.1) is 0 Å². The first kappa shape index (κ1) is 21.5. The van der Waals surface area contributed by atoms with Crippen molar-refractivity contribution in [1.29, 1.82) is 0 Å². The summed E-state index contributed by atoms with van der Waals surface area (Å²) >= 11 is 6.13. The number of nitrogens with zero attached hydrogens (tertiary/aromatic N) is 3. The molecule has 1 aliphatic rings. The number of rotatable bonds is 8. The summed E-state index contributed by atoms with van der Waals surface area (Å²) in [7, 11) is 0. The molecule has 1 N–H and O–H groups in total. The van der Waals surface area contributed by atoms with Crippen LogP contribution in [0, 0.1) is 6.92 Å². The molecule has 1 atom stereocenters. The van der Waals surface area contributed by atoms with E-state index in [-0.39, 0.29) is 23.1 Å². The monoisotopic (exact) mass is 394 g/mol. The van der Waals surface area contributed by atoms with Crippen LogP contribution in [0.3, 0.4) is 0 Å². The van der Waals surface area contributed by atoms with Crippen LogP contribution in [-0.2, 0) is 0 Å². The van der Waals surface area contributed by atoms with Gasteiger partial charge in [0.15, 0.2) is 0 Å². The summed E-state index contributed by atoms with van der Waals surface area (Å²) < 4.78 is 0. The highest BCUT2D eigenvalue weighted by molar-refractivity contribution is 6.32. The largest absolute Gasteiger partial charge is 0.336 e. The summed E-state index contributed by atoms with van der Waals surface area (Å²) in [6.45, 7) is 8.76. The zero-order valence-electron chi connectivity index (χ0n) is 16.6. The average Bonchev–Trinajstić information content (AvgIpc) is 3.09. The Morgan fingerprint density at radius 1 is 1.26 bits per heavy atom. The van der Waals surface area contributed by atoms with Crippen molar-refractivity contribution in [1.82, 2.24) is 20.1 Å². The van der Waals surface area contributed by atoms with Gasteiger partial charge in [0, 0.05) is 37.9 Å². The summed E-state index contributed by atoms with van der Waals surface area (Å²) in [6, 6.07) is 3.46. The molecule has 1 aromatic heterocycles. The number of unbranched alkanes of at least 4 members (excludes halogenated alkanes) is 2. The quantitative estimate of drug-likeness (QED) is 0.680. The minimum atomic E-state index is -0.127. The van der Waals surface area contributed by atoms with E-state index in [2.05, 4.69) is 24.1 Å². The Hall–Kier alpha value is -1.82. The number of nitrogens with one attached hydrogen (secondary N) is 1. The van der Waals surface area contributed by atoms with Gasteiger partial charge in [0.25, 0.3) is 5.91 Å². The van der Waals surface area contributed by atoms with Gasteiger partial charge in [-0.1, -0.05) is 38.3 Å². The molecule has 1 aromatic rings. The average molecular weight is 395 g/mol. The van der Waals surface area contributed by atoms with E-state index in [0.29, 0.717) is 18.7 Å². The molecule has 0 radical (unpaired) electrons. The Morgan fingerprint density at radius 2 is 1.93 bits per heavy atom. The van der Waals surface area contributed by atoms with E-state index in [0.717, 1.165) is 50.9 Å². The van der Waals surface area contributed by atoms with Crippen LogP contribution in [0.15, 0.2) is 12.1 Å². The third-order valence-electron chi connectivity index (χ3n) is 4.87. The van der Waals surface area contributed by atoms with Crippen molar-refractivity contribution >= 4 is 23.5 Å². The second-order valence-corrected chi connectivity index (χ2v) is 7.53. The predicted octanol–water partition coefficient (Wildman–Crippen LogP) is 3.87. The van der Waals surface area contributed by atoms with Gasteiger partial charge >= 0.3 is 6.03 Å². The van der Waals surface area contributed by atoms with E-state index in [1.54, 1.807) is 17.0 Å². The predicted molar refractivity (Wildman–Crippen MR) is 108 cm³/mol. The molecule has 1 aliphatic heterocycles. The van der Waals surface area contributed by atoms with Gasteiger partial charge in [0.1, 0.15) is 5.15 Å². The lowest BCUT2D eigenvalue weighted by atomic mass is 10.2. The number of hydrogen-bond acceptors (Lipinski definition) is 3. The lowest BCUT2D eigenvalue weighted by Gasteiger charge is -2.25. The summed E-state index contributed by atoms with van der Waals surface area (Å²) in [6.07, 6.45) is 4.89. The fraction of sp³-hybridized carbons (Fsp3) is 0.650. The van der Waals surface area contributed by atoms with Gasteiger partial charge in [0.05, 0.1) is 5.56 Å². The second-order valence-electron chi connectivity index (χ2n) is 7.17. The lowest BCUT2D eigenvalue weighted by Crippen LogP contribution is -2.46. The van der Waals surface area contributed by atoms with Crippen LogP contribution in [-0.4, -0.2) is 58.9 Å². The molecule has 27 heavy (non-hydrogen) atoms. The van der Waals surface area contributed by atoms with Crippen LogP contribution in [0.25, 0.3) is 0 Å². The highest BCUT2D eigenvalue weighted by Gasteiger charge is 2.30. The molecular formula is C20H31ClN4O2. The van der Waals surface area contributed by atoms with Crippen LogP contribution in [0.5, 0.6) is 0 Å².